The Morgan fingerprint density at radius 1 is 0.963 bits per heavy atom. The Balaban J connectivity index is 2.70. The molecule has 0 aromatic heterocycles. The quantitative estimate of drug-likeness (QED) is 0.414. The van der Waals surface area contributed by atoms with E-state index in [0.717, 1.165) is 10.5 Å². The predicted molar refractivity (Wildman–Crippen MR) is 106 cm³/mol. The highest BCUT2D eigenvalue weighted by atomic mass is 32.2. The molecule has 0 aliphatic heterocycles. The third-order valence-corrected chi connectivity index (χ3v) is 4.78. The van der Waals surface area contributed by atoms with Gasteiger partial charge in [0.15, 0.2) is 11.5 Å². The summed E-state index contributed by atoms with van der Waals surface area (Å²) < 4.78 is 21.3. The van der Waals surface area contributed by atoms with Crippen molar-refractivity contribution >= 4 is 29.4 Å². The van der Waals surface area contributed by atoms with Crippen LogP contribution in [0.3, 0.4) is 0 Å². The molecule has 0 fully saturated rings. The van der Waals surface area contributed by atoms with Gasteiger partial charge in [-0.25, -0.2) is 4.79 Å². The van der Waals surface area contributed by atoms with Gasteiger partial charge in [0.1, 0.15) is 5.75 Å². The van der Waals surface area contributed by atoms with E-state index in [2.05, 4.69) is 0 Å². The van der Waals surface area contributed by atoms with E-state index in [1.165, 1.54) is 33.1 Å². The van der Waals surface area contributed by atoms with E-state index >= 15 is 0 Å². The largest absolute Gasteiger partial charge is 0.496 e. The first-order valence-corrected chi connectivity index (χ1v) is 9.19. The monoisotopic (exact) mass is 390 g/mol. The van der Waals surface area contributed by atoms with Crippen LogP contribution in [-0.4, -0.2) is 45.8 Å². The SMILES string of the molecule is COc1cc(/C(=C\c2cccc(OC)c2SC)C(=O)O)cc(OC)c1OC. The van der Waals surface area contributed by atoms with Crippen molar-refractivity contribution < 1.29 is 28.8 Å². The van der Waals surface area contributed by atoms with Gasteiger partial charge in [-0.15, -0.1) is 11.8 Å². The van der Waals surface area contributed by atoms with Crippen LogP contribution < -0.4 is 18.9 Å². The molecule has 7 heteroatoms. The number of methoxy groups -OCH3 is 4. The molecule has 0 heterocycles. The maximum absolute atomic E-state index is 12.0. The molecule has 144 valence electrons. The van der Waals surface area contributed by atoms with Gasteiger partial charge in [-0.05, 0) is 41.7 Å². The molecule has 0 saturated heterocycles. The molecule has 0 amide bonds. The lowest BCUT2D eigenvalue weighted by molar-refractivity contribution is -0.130. The molecular formula is C20H22O6S. The van der Waals surface area contributed by atoms with Crippen LogP contribution in [0.4, 0.5) is 0 Å². The lowest BCUT2D eigenvalue weighted by atomic mass is 10.0. The zero-order chi connectivity index (χ0) is 20.0. The summed E-state index contributed by atoms with van der Waals surface area (Å²) in [5.41, 5.74) is 1.28. The summed E-state index contributed by atoms with van der Waals surface area (Å²) in [6, 6.07) is 8.72. The number of thioether (sulfide) groups is 1. The number of ether oxygens (including phenoxy) is 4. The fourth-order valence-corrected chi connectivity index (χ4v) is 3.40. The molecule has 0 unspecified atom stereocenters. The van der Waals surface area contributed by atoms with E-state index in [0.29, 0.717) is 28.6 Å². The fraction of sp³-hybridized carbons (Fsp3) is 0.250. The minimum absolute atomic E-state index is 0.0952. The number of aliphatic carboxylic acids is 1. The summed E-state index contributed by atoms with van der Waals surface area (Å²) in [5, 5.41) is 9.81. The summed E-state index contributed by atoms with van der Waals surface area (Å²) >= 11 is 1.49. The summed E-state index contributed by atoms with van der Waals surface area (Å²) in [5.74, 6) is 0.786. The van der Waals surface area contributed by atoms with Crippen LogP contribution in [-0.2, 0) is 4.79 Å². The average Bonchev–Trinajstić information content (AvgIpc) is 2.69. The van der Waals surface area contributed by atoms with Crippen molar-refractivity contribution in [1.29, 1.82) is 0 Å². The molecular weight excluding hydrogens is 368 g/mol. The number of hydrogen-bond acceptors (Lipinski definition) is 6. The molecule has 0 saturated carbocycles. The molecule has 0 aliphatic carbocycles. The number of rotatable bonds is 8. The topological polar surface area (TPSA) is 74.2 Å². The number of carbonyl (C=O) groups is 1. The zero-order valence-electron chi connectivity index (χ0n) is 15.9. The van der Waals surface area contributed by atoms with Crippen molar-refractivity contribution in [3.8, 4) is 23.0 Å². The Labute approximate surface area is 162 Å². The Bertz CT molecular complexity index is 835. The molecule has 2 aromatic rings. The second-order valence-corrected chi connectivity index (χ2v) is 6.18. The first kappa shape index (κ1) is 20.5. The molecule has 0 aliphatic rings. The Morgan fingerprint density at radius 3 is 2.00 bits per heavy atom. The van der Waals surface area contributed by atoms with Crippen molar-refractivity contribution in [2.24, 2.45) is 0 Å². The van der Waals surface area contributed by atoms with Crippen LogP contribution in [0.1, 0.15) is 11.1 Å². The number of carboxylic acids is 1. The Kier molecular flexibility index (Phi) is 7.01. The first-order chi connectivity index (χ1) is 13.0. The second kappa shape index (κ2) is 9.23. The average molecular weight is 390 g/mol. The Morgan fingerprint density at radius 2 is 1.56 bits per heavy atom. The molecule has 1 N–H and O–H groups in total. The van der Waals surface area contributed by atoms with Gasteiger partial charge >= 0.3 is 5.97 Å². The minimum Gasteiger partial charge on any atom is -0.496 e. The van der Waals surface area contributed by atoms with Gasteiger partial charge in [-0.1, -0.05) is 12.1 Å². The van der Waals surface area contributed by atoms with Crippen LogP contribution in [0, 0.1) is 0 Å². The van der Waals surface area contributed by atoms with Crippen molar-refractivity contribution in [3.05, 3.63) is 41.5 Å². The van der Waals surface area contributed by atoms with Crippen LogP contribution in [0.15, 0.2) is 35.2 Å². The molecule has 0 radical (unpaired) electrons. The highest BCUT2D eigenvalue weighted by Crippen LogP contribution is 2.41. The van der Waals surface area contributed by atoms with Crippen molar-refractivity contribution in [1.82, 2.24) is 0 Å². The van der Waals surface area contributed by atoms with Gasteiger partial charge in [0, 0.05) is 0 Å². The van der Waals surface area contributed by atoms with Crippen LogP contribution >= 0.6 is 11.8 Å². The van der Waals surface area contributed by atoms with E-state index in [4.69, 9.17) is 18.9 Å². The van der Waals surface area contributed by atoms with Crippen molar-refractivity contribution in [2.45, 2.75) is 4.90 Å². The van der Waals surface area contributed by atoms with E-state index in [1.807, 2.05) is 24.5 Å². The van der Waals surface area contributed by atoms with E-state index < -0.39 is 5.97 Å². The molecule has 0 atom stereocenters. The van der Waals surface area contributed by atoms with Crippen LogP contribution in [0.5, 0.6) is 23.0 Å². The normalized spacial score (nSPS) is 11.1. The van der Waals surface area contributed by atoms with Gasteiger partial charge in [0.05, 0.1) is 38.9 Å². The maximum Gasteiger partial charge on any atom is 0.336 e. The van der Waals surface area contributed by atoms with E-state index in [9.17, 15) is 9.90 Å². The third-order valence-electron chi connectivity index (χ3n) is 3.94. The van der Waals surface area contributed by atoms with Crippen molar-refractivity contribution in [2.75, 3.05) is 34.7 Å². The highest BCUT2D eigenvalue weighted by Gasteiger charge is 2.19. The van der Waals surface area contributed by atoms with Gasteiger partial charge in [0.2, 0.25) is 5.75 Å². The van der Waals surface area contributed by atoms with Crippen LogP contribution in [0.2, 0.25) is 0 Å². The number of carboxylic acid groups (broad SMARTS) is 1. The predicted octanol–water partition coefficient (Wildman–Crippen LogP) is 4.07. The Hall–Kier alpha value is -2.80. The smallest absolute Gasteiger partial charge is 0.336 e. The zero-order valence-corrected chi connectivity index (χ0v) is 16.7. The summed E-state index contributed by atoms with van der Waals surface area (Å²) in [4.78, 5) is 12.8. The standard InChI is InChI=1S/C20H22O6S/c1-23-15-8-6-7-12(19(15)27-5)9-14(20(21)22)13-10-16(24-2)18(26-4)17(11-13)25-3/h6-11H,1-5H3,(H,21,22)/b14-9+. The van der Waals surface area contributed by atoms with Gasteiger partial charge < -0.3 is 24.1 Å². The first-order valence-electron chi connectivity index (χ1n) is 7.97. The third kappa shape index (κ3) is 4.31. The van der Waals surface area contributed by atoms with Crippen LogP contribution in [0.25, 0.3) is 11.6 Å². The molecule has 6 nitrogen and oxygen atoms in total. The second-order valence-electron chi connectivity index (χ2n) is 5.36. The molecule has 0 bridgehead atoms. The lowest BCUT2D eigenvalue weighted by Gasteiger charge is -2.15. The number of benzene rings is 2. The van der Waals surface area contributed by atoms with Gasteiger partial charge in [-0.3, -0.25) is 0 Å². The molecule has 2 aromatic carbocycles. The molecule has 2 rings (SSSR count). The number of hydrogen-bond donors (Lipinski definition) is 1. The van der Waals surface area contributed by atoms with Gasteiger partial charge in [-0.2, -0.15) is 0 Å². The molecule has 27 heavy (non-hydrogen) atoms. The maximum atomic E-state index is 12.0. The summed E-state index contributed by atoms with van der Waals surface area (Å²) in [7, 11) is 6.05. The van der Waals surface area contributed by atoms with E-state index in [-0.39, 0.29) is 5.57 Å². The van der Waals surface area contributed by atoms with E-state index in [1.54, 1.807) is 25.3 Å². The summed E-state index contributed by atoms with van der Waals surface area (Å²) in [6.45, 7) is 0. The molecule has 0 spiro atoms. The summed E-state index contributed by atoms with van der Waals surface area (Å²) in [6.07, 6.45) is 3.52. The fourth-order valence-electron chi connectivity index (χ4n) is 2.69. The van der Waals surface area contributed by atoms with Gasteiger partial charge in [0.25, 0.3) is 0 Å². The van der Waals surface area contributed by atoms with Crippen molar-refractivity contribution in [3.63, 3.8) is 0 Å². The lowest BCUT2D eigenvalue weighted by Crippen LogP contribution is -2.03. The highest BCUT2D eigenvalue weighted by molar-refractivity contribution is 7.98. The minimum atomic E-state index is -1.07.